The monoisotopic (exact) mass is 485 g/mol. The number of ether oxygens (including phenoxy) is 4. The van der Waals surface area contributed by atoms with E-state index >= 15 is 4.39 Å². The van der Waals surface area contributed by atoms with Gasteiger partial charge in [0.2, 0.25) is 0 Å². The SMILES string of the molecule is COC(=O)CC1COc2cc(OC3CCc4c(Oc5cccc6cccnc56)ccc(F)c43)ccc21. The van der Waals surface area contributed by atoms with Crippen LogP contribution in [0, 0.1) is 5.82 Å². The lowest BCUT2D eigenvalue weighted by Gasteiger charge is -2.17. The van der Waals surface area contributed by atoms with Gasteiger partial charge < -0.3 is 18.9 Å². The van der Waals surface area contributed by atoms with Gasteiger partial charge in [-0.2, -0.15) is 0 Å². The van der Waals surface area contributed by atoms with Crippen LogP contribution in [-0.2, 0) is 16.0 Å². The molecule has 1 aliphatic heterocycles. The van der Waals surface area contributed by atoms with Gasteiger partial charge >= 0.3 is 5.97 Å². The van der Waals surface area contributed by atoms with E-state index in [9.17, 15) is 4.79 Å². The summed E-state index contributed by atoms with van der Waals surface area (Å²) in [6.07, 6.45) is 2.81. The Labute approximate surface area is 207 Å². The second-order valence-corrected chi connectivity index (χ2v) is 9.00. The Morgan fingerprint density at radius 1 is 1.11 bits per heavy atom. The molecule has 7 heteroatoms. The summed E-state index contributed by atoms with van der Waals surface area (Å²) < 4.78 is 38.1. The normalized spacial score (nSPS) is 17.8. The van der Waals surface area contributed by atoms with Crippen molar-refractivity contribution in [1.82, 2.24) is 4.98 Å². The summed E-state index contributed by atoms with van der Waals surface area (Å²) in [5, 5.41) is 0.975. The van der Waals surface area contributed by atoms with Gasteiger partial charge in [-0.25, -0.2) is 4.39 Å². The zero-order chi connectivity index (χ0) is 24.6. The lowest BCUT2D eigenvalue weighted by atomic mass is 9.98. The van der Waals surface area contributed by atoms with Gasteiger partial charge in [-0.05, 0) is 43.2 Å². The fourth-order valence-electron chi connectivity index (χ4n) is 5.08. The summed E-state index contributed by atoms with van der Waals surface area (Å²) in [5.41, 5.74) is 3.03. The number of benzene rings is 3. The molecule has 6 rings (SSSR count). The molecule has 2 unspecified atom stereocenters. The highest BCUT2D eigenvalue weighted by atomic mass is 19.1. The average Bonchev–Trinajstić information content (AvgIpc) is 3.50. The van der Waals surface area contributed by atoms with Crippen molar-refractivity contribution in [3.05, 3.63) is 89.4 Å². The largest absolute Gasteiger partial charge is 0.492 e. The van der Waals surface area contributed by atoms with Crippen LogP contribution in [0.4, 0.5) is 4.39 Å². The fraction of sp³-hybridized carbons (Fsp3) is 0.241. The molecule has 0 radical (unpaired) electrons. The Kier molecular flexibility index (Phi) is 5.68. The number of carbonyl (C=O) groups excluding carboxylic acids is 1. The van der Waals surface area contributed by atoms with Crippen LogP contribution in [0.2, 0.25) is 0 Å². The quantitative estimate of drug-likeness (QED) is 0.300. The standard InChI is InChI=1S/C29H24FNO5/c1-33-27(32)14-18-16-34-26-15-19(7-8-20(18)26)35-24-11-9-21-23(12-10-22(30)28(21)24)36-25-6-2-4-17-5-3-13-31-29(17)25/h2-8,10,12-13,15,18,24H,9,11,14,16H2,1H3. The number of hydrogen-bond acceptors (Lipinski definition) is 6. The third-order valence-corrected chi connectivity index (χ3v) is 6.84. The molecule has 4 aromatic rings. The number of methoxy groups -OCH3 is 1. The number of pyridine rings is 1. The summed E-state index contributed by atoms with van der Waals surface area (Å²) in [5.74, 6) is 1.88. The summed E-state index contributed by atoms with van der Waals surface area (Å²) >= 11 is 0. The molecule has 0 N–H and O–H groups in total. The molecule has 1 aliphatic carbocycles. The highest BCUT2D eigenvalue weighted by Gasteiger charge is 2.32. The van der Waals surface area contributed by atoms with Gasteiger partial charge in [0.15, 0.2) is 5.75 Å². The zero-order valence-electron chi connectivity index (χ0n) is 19.7. The molecule has 2 atom stereocenters. The highest BCUT2D eigenvalue weighted by Crippen LogP contribution is 2.44. The molecule has 0 spiro atoms. The number of fused-ring (bicyclic) bond motifs is 3. The van der Waals surface area contributed by atoms with E-state index in [4.69, 9.17) is 18.9 Å². The lowest BCUT2D eigenvalue weighted by molar-refractivity contribution is -0.141. The third-order valence-electron chi connectivity index (χ3n) is 6.84. The molecular formula is C29H24FNO5. The van der Waals surface area contributed by atoms with Gasteiger partial charge in [0, 0.05) is 40.3 Å². The Hall–Kier alpha value is -4.13. The number of halogens is 1. The van der Waals surface area contributed by atoms with E-state index in [-0.39, 0.29) is 24.1 Å². The molecule has 0 fully saturated rings. The third kappa shape index (κ3) is 4.00. The Morgan fingerprint density at radius 2 is 2.00 bits per heavy atom. The second kappa shape index (κ2) is 9.15. The van der Waals surface area contributed by atoms with Crippen molar-refractivity contribution in [2.75, 3.05) is 13.7 Å². The van der Waals surface area contributed by atoms with Crippen LogP contribution >= 0.6 is 0 Å². The van der Waals surface area contributed by atoms with Crippen molar-refractivity contribution in [2.24, 2.45) is 0 Å². The molecule has 2 aliphatic rings. The molecule has 1 aromatic heterocycles. The van der Waals surface area contributed by atoms with E-state index < -0.39 is 6.10 Å². The van der Waals surface area contributed by atoms with Gasteiger partial charge in [-0.1, -0.05) is 24.3 Å². The van der Waals surface area contributed by atoms with Crippen molar-refractivity contribution in [1.29, 1.82) is 0 Å². The molecule has 0 saturated heterocycles. The van der Waals surface area contributed by atoms with E-state index in [2.05, 4.69) is 4.98 Å². The van der Waals surface area contributed by atoms with Crippen molar-refractivity contribution in [2.45, 2.75) is 31.3 Å². The molecule has 36 heavy (non-hydrogen) atoms. The number of carbonyl (C=O) groups is 1. The Bertz CT molecular complexity index is 1460. The van der Waals surface area contributed by atoms with E-state index in [1.54, 1.807) is 12.3 Å². The van der Waals surface area contributed by atoms with Crippen LogP contribution in [0.1, 0.15) is 41.6 Å². The first-order valence-electron chi connectivity index (χ1n) is 11.9. The van der Waals surface area contributed by atoms with E-state index in [0.717, 1.165) is 22.0 Å². The number of aromatic nitrogens is 1. The molecule has 0 amide bonds. The number of nitrogens with zero attached hydrogens (tertiary/aromatic N) is 1. The summed E-state index contributed by atoms with van der Waals surface area (Å²) in [7, 11) is 1.38. The predicted octanol–water partition coefficient (Wildman–Crippen LogP) is 6.27. The minimum absolute atomic E-state index is 0.0468. The van der Waals surface area contributed by atoms with Crippen LogP contribution in [0.3, 0.4) is 0 Å². The van der Waals surface area contributed by atoms with Crippen LogP contribution in [0.5, 0.6) is 23.0 Å². The maximum absolute atomic E-state index is 15.0. The van der Waals surface area contributed by atoms with E-state index in [0.29, 0.717) is 48.0 Å². The maximum atomic E-state index is 15.0. The van der Waals surface area contributed by atoms with Crippen molar-refractivity contribution in [3.8, 4) is 23.0 Å². The van der Waals surface area contributed by atoms with Gasteiger partial charge in [0.05, 0.1) is 20.1 Å². The van der Waals surface area contributed by atoms with Crippen molar-refractivity contribution < 1.29 is 28.1 Å². The number of esters is 1. The fourth-order valence-corrected chi connectivity index (χ4v) is 5.08. The molecule has 2 heterocycles. The molecule has 0 saturated carbocycles. The minimum atomic E-state index is -0.445. The van der Waals surface area contributed by atoms with Gasteiger partial charge in [0.25, 0.3) is 0 Å². The molecule has 3 aromatic carbocycles. The van der Waals surface area contributed by atoms with Gasteiger partial charge in [0.1, 0.15) is 34.7 Å². The highest BCUT2D eigenvalue weighted by molar-refractivity contribution is 5.84. The maximum Gasteiger partial charge on any atom is 0.306 e. The Morgan fingerprint density at radius 3 is 2.89 bits per heavy atom. The van der Waals surface area contributed by atoms with Gasteiger partial charge in [-0.15, -0.1) is 0 Å². The second-order valence-electron chi connectivity index (χ2n) is 9.00. The zero-order valence-corrected chi connectivity index (χ0v) is 19.7. The first-order valence-corrected chi connectivity index (χ1v) is 11.9. The summed E-state index contributed by atoms with van der Waals surface area (Å²) in [6.45, 7) is 0.415. The molecular weight excluding hydrogens is 461 g/mol. The van der Waals surface area contributed by atoms with Crippen LogP contribution in [-0.4, -0.2) is 24.7 Å². The van der Waals surface area contributed by atoms with Crippen LogP contribution < -0.4 is 14.2 Å². The predicted molar refractivity (Wildman–Crippen MR) is 131 cm³/mol. The number of hydrogen-bond donors (Lipinski definition) is 0. The first-order chi connectivity index (χ1) is 17.6. The van der Waals surface area contributed by atoms with Crippen molar-refractivity contribution >= 4 is 16.9 Å². The minimum Gasteiger partial charge on any atom is -0.492 e. The van der Waals surface area contributed by atoms with Crippen LogP contribution in [0.15, 0.2) is 66.9 Å². The average molecular weight is 486 g/mol. The van der Waals surface area contributed by atoms with Crippen LogP contribution in [0.25, 0.3) is 10.9 Å². The van der Waals surface area contributed by atoms with Crippen molar-refractivity contribution in [3.63, 3.8) is 0 Å². The topological polar surface area (TPSA) is 66.9 Å². The molecule has 182 valence electrons. The lowest BCUT2D eigenvalue weighted by Crippen LogP contribution is -2.09. The number of rotatable bonds is 6. The smallest absolute Gasteiger partial charge is 0.306 e. The van der Waals surface area contributed by atoms with E-state index in [1.165, 1.54) is 13.2 Å². The van der Waals surface area contributed by atoms with Gasteiger partial charge in [-0.3, -0.25) is 9.78 Å². The Balaban J connectivity index is 1.25. The number of para-hydroxylation sites is 1. The van der Waals surface area contributed by atoms with E-state index in [1.807, 2.05) is 48.5 Å². The summed E-state index contributed by atoms with van der Waals surface area (Å²) in [4.78, 5) is 16.1. The molecule has 6 nitrogen and oxygen atoms in total. The first kappa shape index (κ1) is 22.3. The molecule has 0 bridgehead atoms. The summed E-state index contributed by atoms with van der Waals surface area (Å²) in [6, 6.07) is 18.3.